The van der Waals surface area contributed by atoms with Crippen LogP contribution in [0.4, 0.5) is 13.2 Å². The van der Waals surface area contributed by atoms with Crippen LogP contribution in [0.25, 0.3) is 0 Å². The maximum atomic E-state index is 12.9. The van der Waals surface area contributed by atoms with Gasteiger partial charge in [-0.3, -0.25) is 0 Å². The Bertz CT molecular complexity index is 558. The molecular weight excluding hydrogens is 388 g/mol. The standard InChI is InChI=1S/C18H25F3N2O.2ClH/c19-18(20,21)16-5-1-4-15(11-16)17(24)6-9-23(10-7-17)13-14-3-2-8-22-12-14;;/h1,4-5,11,14,22,24H,2-3,6-10,12-13H2;2*1H. The smallest absolute Gasteiger partial charge is 0.385 e. The highest BCUT2D eigenvalue weighted by atomic mass is 35.5. The molecule has 1 aromatic carbocycles. The highest BCUT2D eigenvalue weighted by Gasteiger charge is 2.37. The average Bonchev–Trinajstić information content (AvgIpc) is 2.57. The largest absolute Gasteiger partial charge is 0.416 e. The summed E-state index contributed by atoms with van der Waals surface area (Å²) in [4.78, 5) is 2.33. The average molecular weight is 415 g/mol. The Balaban J connectivity index is 0.00000169. The monoisotopic (exact) mass is 414 g/mol. The van der Waals surface area contributed by atoms with Gasteiger partial charge in [-0.2, -0.15) is 13.2 Å². The van der Waals surface area contributed by atoms with Gasteiger partial charge in [0.25, 0.3) is 0 Å². The van der Waals surface area contributed by atoms with E-state index in [0.717, 1.165) is 44.9 Å². The first-order valence-corrected chi connectivity index (χ1v) is 8.70. The number of rotatable bonds is 3. The minimum atomic E-state index is -4.37. The van der Waals surface area contributed by atoms with E-state index in [0.29, 0.717) is 24.3 Å². The number of likely N-dealkylation sites (tertiary alicyclic amines) is 1. The van der Waals surface area contributed by atoms with E-state index in [-0.39, 0.29) is 24.8 Å². The maximum absolute atomic E-state index is 12.9. The number of alkyl halides is 3. The van der Waals surface area contributed by atoms with Gasteiger partial charge in [-0.05, 0) is 62.4 Å². The van der Waals surface area contributed by atoms with Crippen LogP contribution >= 0.6 is 24.8 Å². The summed E-state index contributed by atoms with van der Waals surface area (Å²) in [5.74, 6) is 0.638. The van der Waals surface area contributed by atoms with E-state index >= 15 is 0 Å². The number of nitrogens with zero attached hydrogens (tertiary/aromatic N) is 1. The summed E-state index contributed by atoms with van der Waals surface area (Å²) in [6.45, 7) is 4.58. The van der Waals surface area contributed by atoms with E-state index in [4.69, 9.17) is 0 Å². The number of nitrogens with one attached hydrogen (secondary N) is 1. The molecule has 1 unspecified atom stereocenters. The number of hydrogen-bond acceptors (Lipinski definition) is 3. The van der Waals surface area contributed by atoms with Crippen molar-refractivity contribution in [1.82, 2.24) is 10.2 Å². The van der Waals surface area contributed by atoms with Crippen molar-refractivity contribution in [2.24, 2.45) is 5.92 Å². The predicted octanol–water partition coefficient (Wildman–Crippen LogP) is 3.83. The third-order valence-electron chi connectivity index (χ3n) is 5.33. The van der Waals surface area contributed by atoms with Gasteiger partial charge >= 0.3 is 6.18 Å². The lowest BCUT2D eigenvalue weighted by Gasteiger charge is -2.40. The Labute approximate surface area is 165 Å². The molecule has 0 bridgehead atoms. The Morgan fingerprint density at radius 3 is 2.46 bits per heavy atom. The van der Waals surface area contributed by atoms with Crippen LogP contribution in [-0.4, -0.2) is 42.7 Å². The first kappa shape index (κ1) is 23.5. The second-order valence-electron chi connectivity index (χ2n) is 7.12. The molecule has 1 aromatic rings. The van der Waals surface area contributed by atoms with Gasteiger partial charge in [-0.1, -0.05) is 12.1 Å². The van der Waals surface area contributed by atoms with Crippen molar-refractivity contribution < 1.29 is 18.3 Å². The summed E-state index contributed by atoms with van der Waals surface area (Å²) in [6.07, 6.45) is -0.988. The Morgan fingerprint density at radius 1 is 1.19 bits per heavy atom. The van der Waals surface area contributed by atoms with E-state index < -0.39 is 17.3 Å². The summed E-state index contributed by atoms with van der Waals surface area (Å²) >= 11 is 0. The van der Waals surface area contributed by atoms with Crippen molar-refractivity contribution in [2.75, 3.05) is 32.7 Å². The summed E-state index contributed by atoms with van der Waals surface area (Å²) in [5.41, 5.74) is -1.46. The molecule has 2 aliphatic heterocycles. The SMILES string of the molecule is Cl.Cl.OC1(c2cccc(C(F)(F)F)c2)CCN(CC2CCCNC2)CC1. The molecule has 0 spiro atoms. The summed E-state index contributed by atoms with van der Waals surface area (Å²) in [7, 11) is 0. The molecule has 3 nitrogen and oxygen atoms in total. The van der Waals surface area contributed by atoms with Gasteiger partial charge in [-0.25, -0.2) is 0 Å². The molecule has 1 atom stereocenters. The maximum Gasteiger partial charge on any atom is 0.416 e. The molecule has 2 aliphatic rings. The zero-order chi connectivity index (χ0) is 17.2. The van der Waals surface area contributed by atoms with Crippen LogP contribution in [0.15, 0.2) is 24.3 Å². The highest BCUT2D eigenvalue weighted by molar-refractivity contribution is 5.85. The molecule has 0 saturated carbocycles. The zero-order valence-electron chi connectivity index (χ0n) is 14.6. The minimum Gasteiger partial charge on any atom is -0.385 e. The van der Waals surface area contributed by atoms with Crippen LogP contribution in [0.1, 0.15) is 36.8 Å². The molecule has 26 heavy (non-hydrogen) atoms. The number of benzene rings is 1. The van der Waals surface area contributed by atoms with Crippen LogP contribution in [0.3, 0.4) is 0 Å². The second kappa shape index (κ2) is 9.60. The third kappa shape index (κ3) is 5.73. The van der Waals surface area contributed by atoms with Crippen molar-refractivity contribution in [3.8, 4) is 0 Å². The molecule has 0 aliphatic carbocycles. The molecule has 8 heteroatoms. The Morgan fingerprint density at radius 2 is 1.88 bits per heavy atom. The van der Waals surface area contributed by atoms with E-state index in [1.54, 1.807) is 6.07 Å². The van der Waals surface area contributed by atoms with Crippen molar-refractivity contribution in [3.05, 3.63) is 35.4 Å². The lowest BCUT2D eigenvalue weighted by atomic mass is 9.83. The van der Waals surface area contributed by atoms with Crippen molar-refractivity contribution in [3.63, 3.8) is 0 Å². The lowest BCUT2D eigenvalue weighted by Crippen LogP contribution is -2.46. The molecular formula is C18H27Cl2F3N2O. The molecule has 150 valence electrons. The summed E-state index contributed by atoms with van der Waals surface area (Å²) in [5, 5.41) is 14.3. The number of piperidine rings is 2. The van der Waals surface area contributed by atoms with Gasteiger partial charge in [0.1, 0.15) is 0 Å². The van der Waals surface area contributed by atoms with E-state index in [1.807, 2.05) is 0 Å². The van der Waals surface area contributed by atoms with Crippen LogP contribution in [0.2, 0.25) is 0 Å². The van der Waals surface area contributed by atoms with Crippen molar-refractivity contribution in [1.29, 1.82) is 0 Å². The highest BCUT2D eigenvalue weighted by Crippen LogP contribution is 2.37. The molecule has 2 fully saturated rings. The van der Waals surface area contributed by atoms with E-state index in [9.17, 15) is 18.3 Å². The Hall–Kier alpha value is -0.530. The van der Waals surface area contributed by atoms with E-state index in [2.05, 4.69) is 10.2 Å². The normalized spacial score (nSPS) is 23.6. The Kier molecular flexibility index (Phi) is 8.68. The molecule has 3 rings (SSSR count). The van der Waals surface area contributed by atoms with Crippen LogP contribution in [0.5, 0.6) is 0 Å². The quantitative estimate of drug-likeness (QED) is 0.788. The van der Waals surface area contributed by atoms with Gasteiger partial charge in [0, 0.05) is 19.6 Å². The zero-order valence-corrected chi connectivity index (χ0v) is 16.2. The third-order valence-corrected chi connectivity index (χ3v) is 5.33. The van der Waals surface area contributed by atoms with E-state index in [1.165, 1.54) is 18.9 Å². The first-order chi connectivity index (χ1) is 11.4. The minimum absolute atomic E-state index is 0. The fourth-order valence-electron chi connectivity index (χ4n) is 3.82. The summed E-state index contributed by atoms with van der Waals surface area (Å²) in [6, 6.07) is 5.14. The molecule has 2 N–H and O–H groups in total. The molecule has 2 heterocycles. The number of halogens is 5. The van der Waals surface area contributed by atoms with Gasteiger partial charge in [0.2, 0.25) is 0 Å². The molecule has 0 amide bonds. The van der Waals surface area contributed by atoms with Gasteiger partial charge in [0.05, 0.1) is 11.2 Å². The topological polar surface area (TPSA) is 35.5 Å². The van der Waals surface area contributed by atoms with Crippen LogP contribution in [0, 0.1) is 5.92 Å². The van der Waals surface area contributed by atoms with Crippen LogP contribution in [-0.2, 0) is 11.8 Å². The fourth-order valence-corrected chi connectivity index (χ4v) is 3.82. The van der Waals surface area contributed by atoms with Gasteiger partial charge in [0.15, 0.2) is 0 Å². The molecule has 2 saturated heterocycles. The fraction of sp³-hybridized carbons (Fsp3) is 0.667. The summed E-state index contributed by atoms with van der Waals surface area (Å²) < 4.78 is 38.7. The van der Waals surface area contributed by atoms with Crippen LogP contribution < -0.4 is 5.32 Å². The second-order valence-corrected chi connectivity index (χ2v) is 7.12. The first-order valence-electron chi connectivity index (χ1n) is 8.70. The van der Waals surface area contributed by atoms with Gasteiger partial charge in [-0.15, -0.1) is 24.8 Å². The number of hydrogen-bond donors (Lipinski definition) is 2. The van der Waals surface area contributed by atoms with Crippen molar-refractivity contribution >= 4 is 24.8 Å². The number of aliphatic hydroxyl groups is 1. The predicted molar refractivity (Wildman–Crippen MR) is 101 cm³/mol. The van der Waals surface area contributed by atoms with Crippen molar-refractivity contribution in [2.45, 2.75) is 37.5 Å². The molecule has 0 radical (unpaired) electrons. The van der Waals surface area contributed by atoms with Gasteiger partial charge < -0.3 is 15.3 Å². The lowest BCUT2D eigenvalue weighted by molar-refractivity contribution is -0.137. The molecule has 0 aromatic heterocycles.